The molecular formula is C21H18N4O. The number of rotatable bonds is 4. The van der Waals surface area contributed by atoms with Gasteiger partial charge in [0, 0.05) is 11.8 Å². The summed E-state index contributed by atoms with van der Waals surface area (Å²) in [6.07, 6.45) is 1.94. The molecule has 0 N–H and O–H groups in total. The van der Waals surface area contributed by atoms with Gasteiger partial charge in [-0.05, 0) is 61.0 Å². The number of aromatic nitrogens is 2. The number of nitrogens with zero attached hydrogens (tertiary/aromatic N) is 4. The molecule has 0 atom stereocenters. The van der Waals surface area contributed by atoms with E-state index in [9.17, 15) is 0 Å². The normalized spacial score (nSPS) is 11.3. The summed E-state index contributed by atoms with van der Waals surface area (Å²) in [5, 5.41) is 8.94. The lowest BCUT2D eigenvalue weighted by Gasteiger charge is -2.02. The average molecular weight is 342 g/mol. The molecule has 0 aliphatic carbocycles. The van der Waals surface area contributed by atoms with Crippen molar-refractivity contribution in [1.82, 2.24) is 9.38 Å². The fourth-order valence-corrected chi connectivity index (χ4v) is 2.82. The molecule has 0 saturated heterocycles. The maximum atomic E-state index is 5.24. The third-order valence-electron chi connectivity index (χ3n) is 4.13. The molecule has 2 aromatic carbocycles. The predicted molar refractivity (Wildman–Crippen MR) is 103 cm³/mol. The van der Waals surface area contributed by atoms with Crippen LogP contribution in [0.25, 0.3) is 16.9 Å². The lowest BCUT2D eigenvalue weighted by Crippen LogP contribution is -1.83. The summed E-state index contributed by atoms with van der Waals surface area (Å²) in [4.78, 5) is 4.74. The number of imidazole rings is 1. The quantitative estimate of drug-likeness (QED) is 0.444. The molecule has 5 nitrogen and oxygen atoms in total. The molecule has 0 amide bonds. The Balaban J connectivity index is 1.83. The first-order valence-corrected chi connectivity index (χ1v) is 8.34. The van der Waals surface area contributed by atoms with E-state index in [1.165, 1.54) is 0 Å². The number of ether oxygens (including phenoxy) is 1. The molecule has 0 saturated carbocycles. The van der Waals surface area contributed by atoms with Gasteiger partial charge in [0.1, 0.15) is 17.1 Å². The SMILES string of the molecule is COc1ccc(-c2nc3ccccn3c2N=Nc2cccc(C)c2)cc1. The Morgan fingerprint density at radius 2 is 1.77 bits per heavy atom. The molecule has 2 heterocycles. The molecule has 0 fully saturated rings. The van der Waals surface area contributed by atoms with E-state index < -0.39 is 0 Å². The highest BCUT2D eigenvalue weighted by Gasteiger charge is 2.13. The Morgan fingerprint density at radius 1 is 0.923 bits per heavy atom. The zero-order valence-electron chi connectivity index (χ0n) is 14.6. The molecule has 5 heteroatoms. The highest BCUT2D eigenvalue weighted by atomic mass is 16.5. The third kappa shape index (κ3) is 3.07. The number of azo groups is 1. The maximum absolute atomic E-state index is 5.24. The Kier molecular flexibility index (Phi) is 4.19. The molecule has 128 valence electrons. The Morgan fingerprint density at radius 3 is 2.54 bits per heavy atom. The van der Waals surface area contributed by atoms with Crippen molar-refractivity contribution >= 4 is 17.2 Å². The van der Waals surface area contributed by atoms with Crippen LogP contribution in [0.2, 0.25) is 0 Å². The monoisotopic (exact) mass is 342 g/mol. The van der Waals surface area contributed by atoms with Gasteiger partial charge in [0.25, 0.3) is 0 Å². The topological polar surface area (TPSA) is 51.2 Å². The summed E-state index contributed by atoms with van der Waals surface area (Å²) >= 11 is 0. The van der Waals surface area contributed by atoms with Crippen molar-refractivity contribution in [2.45, 2.75) is 6.92 Å². The Hall–Kier alpha value is -3.47. The second-order valence-corrected chi connectivity index (χ2v) is 5.98. The number of pyridine rings is 1. The van der Waals surface area contributed by atoms with Crippen LogP contribution in [0.15, 0.2) is 83.2 Å². The first-order chi connectivity index (χ1) is 12.7. The molecule has 26 heavy (non-hydrogen) atoms. The van der Waals surface area contributed by atoms with Crippen LogP contribution in [0.1, 0.15) is 5.56 Å². The number of hydrogen-bond donors (Lipinski definition) is 0. The van der Waals surface area contributed by atoms with E-state index >= 15 is 0 Å². The van der Waals surface area contributed by atoms with Crippen molar-refractivity contribution in [3.05, 3.63) is 78.5 Å². The number of hydrogen-bond acceptors (Lipinski definition) is 4. The van der Waals surface area contributed by atoms with Crippen LogP contribution in [-0.2, 0) is 0 Å². The highest BCUT2D eigenvalue weighted by Crippen LogP contribution is 2.33. The molecule has 0 radical (unpaired) electrons. The number of aryl methyl sites for hydroxylation is 1. The van der Waals surface area contributed by atoms with Crippen molar-refractivity contribution < 1.29 is 4.74 Å². The lowest BCUT2D eigenvalue weighted by atomic mass is 10.1. The Labute approximate surface area is 151 Å². The zero-order chi connectivity index (χ0) is 17.9. The first-order valence-electron chi connectivity index (χ1n) is 8.34. The van der Waals surface area contributed by atoms with Crippen LogP contribution in [0, 0.1) is 6.92 Å². The van der Waals surface area contributed by atoms with E-state index in [2.05, 4.69) is 10.2 Å². The van der Waals surface area contributed by atoms with Gasteiger partial charge in [0.2, 0.25) is 0 Å². The van der Waals surface area contributed by atoms with Crippen molar-refractivity contribution in [1.29, 1.82) is 0 Å². The number of methoxy groups -OCH3 is 1. The molecule has 0 aliphatic heterocycles. The maximum Gasteiger partial charge on any atom is 0.187 e. The van der Waals surface area contributed by atoms with Crippen LogP contribution in [0.5, 0.6) is 5.75 Å². The highest BCUT2D eigenvalue weighted by molar-refractivity contribution is 5.74. The van der Waals surface area contributed by atoms with E-state index in [0.29, 0.717) is 5.82 Å². The van der Waals surface area contributed by atoms with Gasteiger partial charge in [0.05, 0.1) is 12.8 Å². The third-order valence-corrected chi connectivity index (χ3v) is 4.13. The summed E-state index contributed by atoms with van der Waals surface area (Å²) < 4.78 is 7.19. The van der Waals surface area contributed by atoms with Crippen LogP contribution in [0.4, 0.5) is 11.5 Å². The molecular weight excluding hydrogens is 324 g/mol. The molecule has 0 spiro atoms. The zero-order valence-corrected chi connectivity index (χ0v) is 14.6. The van der Waals surface area contributed by atoms with Gasteiger partial charge in [0.15, 0.2) is 5.82 Å². The van der Waals surface area contributed by atoms with Gasteiger partial charge in [-0.3, -0.25) is 4.40 Å². The van der Waals surface area contributed by atoms with Crippen LogP contribution in [-0.4, -0.2) is 16.5 Å². The van der Waals surface area contributed by atoms with Gasteiger partial charge in [-0.25, -0.2) is 4.98 Å². The summed E-state index contributed by atoms with van der Waals surface area (Å²) in [7, 11) is 1.65. The predicted octanol–water partition coefficient (Wildman–Crippen LogP) is 5.73. The van der Waals surface area contributed by atoms with Crippen LogP contribution >= 0.6 is 0 Å². The van der Waals surface area contributed by atoms with Gasteiger partial charge in [-0.1, -0.05) is 18.2 Å². The van der Waals surface area contributed by atoms with E-state index in [-0.39, 0.29) is 0 Å². The fraction of sp³-hybridized carbons (Fsp3) is 0.0952. The van der Waals surface area contributed by atoms with Crippen LogP contribution < -0.4 is 4.74 Å². The number of fused-ring (bicyclic) bond motifs is 1. The van der Waals surface area contributed by atoms with E-state index in [1.54, 1.807) is 7.11 Å². The van der Waals surface area contributed by atoms with E-state index in [1.807, 2.05) is 84.3 Å². The molecule has 4 rings (SSSR count). The van der Waals surface area contributed by atoms with Crippen LogP contribution in [0.3, 0.4) is 0 Å². The first kappa shape index (κ1) is 16.0. The summed E-state index contributed by atoms with van der Waals surface area (Å²) in [6, 6.07) is 21.6. The van der Waals surface area contributed by atoms with E-state index in [0.717, 1.165) is 33.9 Å². The molecule has 2 aromatic heterocycles. The van der Waals surface area contributed by atoms with E-state index in [4.69, 9.17) is 9.72 Å². The van der Waals surface area contributed by atoms with Crippen molar-refractivity contribution in [2.24, 2.45) is 10.2 Å². The smallest absolute Gasteiger partial charge is 0.187 e. The van der Waals surface area contributed by atoms with Gasteiger partial charge in [-0.2, -0.15) is 0 Å². The Bertz CT molecular complexity index is 1080. The van der Waals surface area contributed by atoms with Crippen molar-refractivity contribution in [2.75, 3.05) is 7.11 Å². The van der Waals surface area contributed by atoms with Gasteiger partial charge >= 0.3 is 0 Å². The second kappa shape index (κ2) is 6.80. The molecule has 0 unspecified atom stereocenters. The van der Waals surface area contributed by atoms with Gasteiger partial charge in [-0.15, -0.1) is 10.2 Å². The molecule has 0 bridgehead atoms. The van der Waals surface area contributed by atoms with Crippen molar-refractivity contribution in [3.63, 3.8) is 0 Å². The van der Waals surface area contributed by atoms with Crippen molar-refractivity contribution in [3.8, 4) is 17.0 Å². The minimum atomic E-state index is 0.701. The minimum Gasteiger partial charge on any atom is -0.497 e. The average Bonchev–Trinajstić information content (AvgIpc) is 3.05. The minimum absolute atomic E-state index is 0.701. The molecule has 4 aromatic rings. The fourth-order valence-electron chi connectivity index (χ4n) is 2.82. The molecule has 0 aliphatic rings. The summed E-state index contributed by atoms with van der Waals surface area (Å²) in [6.45, 7) is 2.04. The van der Waals surface area contributed by atoms with Gasteiger partial charge < -0.3 is 4.74 Å². The largest absolute Gasteiger partial charge is 0.497 e. The second-order valence-electron chi connectivity index (χ2n) is 5.98. The standard InChI is InChI=1S/C21H18N4O/c1-15-6-5-7-17(14-15)23-24-21-20(16-9-11-18(26-2)12-10-16)22-19-8-3-4-13-25(19)21/h3-14H,1-2H3. The summed E-state index contributed by atoms with van der Waals surface area (Å²) in [5.74, 6) is 1.51. The lowest BCUT2D eigenvalue weighted by molar-refractivity contribution is 0.415. The summed E-state index contributed by atoms with van der Waals surface area (Å²) in [5.41, 5.74) is 4.55. The number of benzene rings is 2.